The van der Waals surface area contributed by atoms with Gasteiger partial charge >= 0.3 is 11.9 Å². The number of hydrogen-bond acceptors (Lipinski definition) is 5. The molecule has 2 aromatic carbocycles. The number of amides is 1. The van der Waals surface area contributed by atoms with E-state index in [4.69, 9.17) is 15.9 Å². The second-order valence-electron chi connectivity index (χ2n) is 7.94. The first-order chi connectivity index (χ1) is 15.3. The number of nitrogens with two attached hydrogens (primary N) is 1. The van der Waals surface area contributed by atoms with E-state index in [1.54, 1.807) is 0 Å². The number of carboxylic acids is 2. The largest absolute Gasteiger partial charge is 0.478 e. The maximum absolute atomic E-state index is 12.0. The van der Waals surface area contributed by atoms with E-state index in [9.17, 15) is 14.4 Å². The Bertz CT molecular complexity index is 881. The van der Waals surface area contributed by atoms with Gasteiger partial charge in [0.25, 0.3) is 0 Å². The Morgan fingerprint density at radius 3 is 1.38 bits per heavy atom. The first-order valence-electron chi connectivity index (χ1n) is 10.4. The van der Waals surface area contributed by atoms with Gasteiger partial charge in [0.1, 0.15) is 0 Å². The molecule has 0 radical (unpaired) electrons. The van der Waals surface area contributed by atoms with Gasteiger partial charge in [0, 0.05) is 61.5 Å². The molecular formula is C24H27N3O5. The van der Waals surface area contributed by atoms with Gasteiger partial charge < -0.3 is 25.7 Å². The first kappa shape index (κ1) is 22.9. The molecule has 2 fully saturated rings. The molecule has 0 unspecified atom stereocenters. The monoisotopic (exact) mass is 437 g/mol. The van der Waals surface area contributed by atoms with Gasteiger partial charge in [-0.25, -0.2) is 9.59 Å². The second kappa shape index (κ2) is 10.5. The average molecular weight is 437 g/mol. The van der Waals surface area contributed by atoms with Gasteiger partial charge in [0.05, 0.1) is 5.92 Å². The van der Waals surface area contributed by atoms with Crippen LogP contribution in [0.25, 0.3) is 0 Å². The Hall–Kier alpha value is -3.81. The molecule has 8 nitrogen and oxygen atoms in total. The minimum atomic E-state index is -1.26. The summed E-state index contributed by atoms with van der Waals surface area (Å²) in [6.45, 7) is 3.72. The van der Waals surface area contributed by atoms with Crippen molar-refractivity contribution in [2.75, 3.05) is 36.0 Å². The molecule has 8 heteroatoms. The third-order valence-corrected chi connectivity index (χ3v) is 5.78. The summed E-state index contributed by atoms with van der Waals surface area (Å²) in [7, 11) is 0. The highest BCUT2D eigenvalue weighted by Gasteiger charge is 2.45. The van der Waals surface area contributed by atoms with Crippen LogP contribution in [0.1, 0.15) is 0 Å². The Balaban J connectivity index is 0.000000312. The minimum absolute atomic E-state index is 0.00933. The van der Waals surface area contributed by atoms with Gasteiger partial charge in [0.15, 0.2) is 0 Å². The van der Waals surface area contributed by atoms with Crippen molar-refractivity contribution in [3.63, 3.8) is 0 Å². The molecule has 2 heterocycles. The Kier molecular flexibility index (Phi) is 7.49. The molecule has 168 valence electrons. The van der Waals surface area contributed by atoms with Crippen LogP contribution < -0.4 is 15.5 Å². The van der Waals surface area contributed by atoms with Crippen LogP contribution in [0.2, 0.25) is 0 Å². The highest BCUT2D eigenvalue weighted by molar-refractivity contribution is 5.89. The Morgan fingerprint density at radius 2 is 1.09 bits per heavy atom. The molecule has 32 heavy (non-hydrogen) atoms. The normalized spacial score (nSPS) is 16.2. The first-order valence-corrected chi connectivity index (χ1v) is 10.4. The standard InChI is InChI=1S/C20H23N3O.C4H4O4/c21-20(24)19(15-11-22(12-15)17-7-3-1-4-8-17)16-13-23(14-16)18-9-5-2-6-10-18;5-3(6)1-2-4(7)8/h1-10,15-16,19H,11-14H2,(H2,21,24);1-2H,(H,5,6)(H,7,8)/b;2-1+. The maximum atomic E-state index is 12.0. The van der Waals surface area contributed by atoms with Crippen molar-refractivity contribution < 1.29 is 24.6 Å². The quantitative estimate of drug-likeness (QED) is 0.567. The molecule has 0 bridgehead atoms. The van der Waals surface area contributed by atoms with Crippen molar-refractivity contribution in [1.82, 2.24) is 0 Å². The van der Waals surface area contributed by atoms with E-state index in [-0.39, 0.29) is 11.8 Å². The zero-order chi connectivity index (χ0) is 23.1. The van der Waals surface area contributed by atoms with E-state index < -0.39 is 11.9 Å². The highest BCUT2D eigenvalue weighted by Crippen LogP contribution is 2.37. The number of anilines is 2. The molecule has 0 aromatic heterocycles. The number of hydrogen-bond donors (Lipinski definition) is 3. The molecule has 2 aliphatic rings. The van der Waals surface area contributed by atoms with E-state index in [1.807, 2.05) is 12.1 Å². The summed E-state index contributed by atoms with van der Waals surface area (Å²) in [4.78, 5) is 35.8. The molecular weight excluding hydrogens is 410 g/mol. The van der Waals surface area contributed by atoms with Crippen LogP contribution in [0.3, 0.4) is 0 Å². The lowest BCUT2D eigenvalue weighted by atomic mass is 9.73. The van der Waals surface area contributed by atoms with Crippen molar-refractivity contribution in [2.45, 2.75) is 0 Å². The van der Waals surface area contributed by atoms with Crippen molar-refractivity contribution in [3.8, 4) is 0 Å². The van der Waals surface area contributed by atoms with E-state index in [1.165, 1.54) is 11.4 Å². The number of primary amides is 1. The second-order valence-corrected chi connectivity index (χ2v) is 7.94. The third kappa shape index (κ3) is 5.87. The summed E-state index contributed by atoms with van der Waals surface area (Å²) in [5.74, 6) is -1.90. The van der Waals surface area contributed by atoms with Gasteiger partial charge in [-0.2, -0.15) is 0 Å². The molecule has 0 atom stereocenters. The number of carbonyl (C=O) groups excluding carboxylic acids is 1. The molecule has 4 rings (SSSR count). The van der Waals surface area contributed by atoms with Gasteiger partial charge in [-0.15, -0.1) is 0 Å². The third-order valence-electron chi connectivity index (χ3n) is 5.78. The van der Waals surface area contributed by atoms with E-state index in [2.05, 4.69) is 58.3 Å². The lowest BCUT2D eigenvalue weighted by molar-refractivity contribution is -0.134. The molecule has 0 aliphatic carbocycles. The zero-order valence-corrected chi connectivity index (χ0v) is 17.6. The van der Waals surface area contributed by atoms with Crippen molar-refractivity contribution in [3.05, 3.63) is 72.8 Å². The molecule has 0 saturated carbocycles. The lowest BCUT2D eigenvalue weighted by Gasteiger charge is -2.51. The zero-order valence-electron chi connectivity index (χ0n) is 17.6. The summed E-state index contributed by atoms with van der Waals surface area (Å²) in [6.07, 6.45) is 1.12. The number of carbonyl (C=O) groups is 3. The van der Waals surface area contributed by atoms with Gasteiger partial charge in [-0.3, -0.25) is 4.79 Å². The summed E-state index contributed by atoms with van der Waals surface area (Å²) in [6, 6.07) is 20.8. The number of rotatable bonds is 7. The van der Waals surface area contributed by atoms with Crippen LogP contribution in [0, 0.1) is 17.8 Å². The van der Waals surface area contributed by atoms with E-state index >= 15 is 0 Å². The summed E-state index contributed by atoms with van der Waals surface area (Å²) < 4.78 is 0. The van der Waals surface area contributed by atoms with Crippen LogP contribution in [-0.4, -0.2) is 54.2 Å². The molecule has 2 aliphatic heterocycles. The smallest absolute Gasteiger partial charge is 0.328 e. The average Bonchev–Trinajstić information content (AvgIpc) is 2.71. The fraction of sp³-hybridized carbons (Fsp3) is 0.292. The summed E-state index contributed by atoms with van der Waals surface area (Å²) >= 11 is 0. The summed E-state index contributed by atoms with van der Waals surface area (Å²) in [5.41, 5.74) is 8.22. The predicted octanol–water partition coefficient (Wildman–Crippen LogP) is 2.07. The number of carboxylic acid groups (broad SMARTS) is 2. The topological polar surface area (TPSA) is 124 Å². The predicted molar refractivity (Wildman–Crippen MR) is 121 cm³/mol. The van der Waals surface area contributed by atoms with Gasteiger partial charge in [0.2, 0.25) is 5.91 Å². The number of para-hydroxylation sites is 2. The minimum Gasteiger partial charge on any atom is -0.478 e. The lowest BCUT2D eigenvalue weighted by Crippen LogP contribution is -2.61. The van der Waals surface area contributed by atoms with Crippen molar-refractivity contribution in [1.29, 1.82) is 0 Å². The van der Waals surface area contributed by atoms with Crippen LogP contribution >= 0.6 is 0 Å². The summed E-state index contributed by atoms with van der Waals surface area (Å²) in [5, 5.41) is 15.6. The highest BCUT2D eigenvalue weighted by atomic mass is 16.4. The Labute approximate surface area is 186 Å². The molecule has 2 saturated heterocycles. The van der Waals surface area contributed by atoms with Crippen LogP contribution in [0.4, 0.5) is 11.4 Å². The number of nitrogens with zero attached hydrogens (tertiary/aromatic N) is 2. The number of benzene rings is 2. The number of aliphatic carboxylic acids is 2. The molecule has 1 amide bonds. The van der Waals surface area contributed by atoms with Gasteiger partial charge in [-0.1, -0.05) is 36.4 Å². The van der Waals surface area contributed by atoms with E-state index in [0.717, 1.165) is 26.2 Å². The molecule has 4 N–H and O–H groups in total. The van der Waals surface area contributed by atoms with Crippen LogP contribution in [0.15, 0.2) is 72.8 Å². The SMILES string of the molecule is NC(=O)C(C1CN(c2ccccc2)C1)C1CN(c2ccccc2)C1.O=C(O)/C=C/C(=O)O. The van der Waals surface area contributed by atoms with Gasteiger partial charge in [-0.05, 0) is 24.3 Å². The van der Waals surface area contributed by atoms with E-state index in [0.29, 0.717) is 24.0 Å². The van der Waals surface area contributed by atoms with Crippen molar-refractivity contribution in [2.24, 2.45) is 23.5 Å². The van der Waals surface area contributed by atoms with Crippen LogP contribution in [0.5, 0.6) is 0 Å². The molecule has 0 spiro atoms. The van der Waals surface area contributed by atoms with Crippen LogP contribution in [-0.2, 0) is 14.4 Å². The van der Waals surface area contributed by atoms with Crippen molar-refractivity contribution >= 4 is 29.2 Å². The Morgan fingerprint density at radius 1 is 0.750 bits per heavy atom. The molecule has 2 aromatic rings. The fourth-order valence-corrected chi connectivity index (χ4v) is 4.17. The maximum Gasteiger partial charge on any atom is 0.328 e. The fourth-order valence-electron chi connectivity index (χ4n) is 4.17.